The van der Waals surface area contributed by atoms with Crippen LogP contribution in [0.15, 0.2) is 51.7 Å². The van der Waals surface area contributed by atoms with Crippen LogP contribution >= 0.6 is 24.0 Å². The topological polar surface area (TPSA) is 53.1 Å². The Kier molecular flexibility index (Phi) is 6.10. The number of hydrogen-bond donors (Lipinski definition) is 0. The summed E-state index contributed by atoms with van der Waals surface area (Å²) in [5.41, 5.74) is 2.08. The molecule has 0 saturated carbocycles. The van der Waals surface area contributed by atoms with E-state index in [0.29, 0.717) is 40.4 Å². The summed E-state index contributed by atoms with van der Waals surface area (Å²) in [4.78, 5) is 31.5. The lowest BCUT2D eigenvalue weighted by molar-refractivity contribution is -0.137. The fraction of sp³-hybridized carbons (Fsp3) is 0.350. The van der Waals surface area contributed by atoms with Gasteiger partial charge in [-0.05, 0) is 52.0 Å². The quantitative estimate of drug-likeness (QED) is 0.412. The standard InChI is InChI=1S/C20H23N3O3S2/c1-5-21-13(4)16(19(25)26-7-3)28-18(21)15-17(24)22(6-2)20(27)23(15)14-11-9-8-10-12-14/h8-12H,5-7H2,1-4H3/b18-15+. The molecular weight excluding hydrogens is 394 g/mol. The summed E-state index contributed by atoms with van der Waals surface area (Å²) in [6.07, 6.45) is 0. The Morgan fingerprint density at radius 1 is 1.11 bits per heavy atom. The van der Waals surface area contributed by atoms with Crippen LogP contribution in [0.4, 0.5) is 5.69 Å². The molecular formula is C20H23N3O3S2. The van der Waals surface area contributed by atoms with Crippen molar-refractivity contribution in [2.45, 2.75) is 27.7 Å². The summed E-state index contributed by atoms with van der Waals surface area (Å²) in [6.45, 7) is 8.94. The molecule has 2 aliphatic rings. The van der Waals surface area contributed by atoms with Crippen LogP contribution in [0.25, 0.3) is 0 Å². The van der Waals surface area contributed by atoms with Crippen LogP contribution < -0.4 is 4.90 Å². The van der Waals surface area contributed by atoms with Crippen LogP contribution in [0.5, 0.6) is 0 Å². The van der Waals surface area contributed by atoms with E-state index in [1.807, 2.05) is 56.0 Å². The Morgan fingerprint density at radius 2 is 1.75 bits per heavy atom. The van der Waals surface area contributed by atoms with Gasteiger partial charge in [-0.2, -0.15) is 0 Å². The molecule has 148 valence electrons. The molecule has 1 aromatic rings. The minimum Gasteiger partial charge on any atom is -0.462 e. The molecule has 1 saturated heterocycles. The lowest BCUT2D eigenvalue weighted by Crippen LogP contribution is -2.32. The van der Waals surface area contributed by atoms with E-state index in [-0.39, 0.29) is 11.9 Å². The minimum atomic E-state index is -0.370. The Labute approximate surface area is 174 Å². The molecule has 6 nitrogen and oxygen atoms in total. The summed E-state index contributed by atoms with van der Waals surface area (Å²) < 4.78 is 5.20. The summed E-state index contributed by atoms with van der Waals surface area (Å²) in [6, 6.07) is 9.57. The van der Waals surface area contributed by atoms with Gasteiger partial charge in [-0.15, -0.1) is 0 Å². The van der Waals surface area contributed by atoms with Crippen LogP contribution in [0.2, 0.25) is 0 Å². The van der Waals surface area contributed by atoms with Crippen LogP contribution in [0.3, 0.4) is 0 Å². The number of esters is 1. The lowest BCUT2D eigenvalue weighted by Gasteiger charge is -2.24. The van der Waals surface area contributed by atoms with Crippen molar-refractivity contribution in [1.82, 2.24) is 9.80 Å². The molecule has 0 unspecified atom stereocenters. The van der Waals surface area contributed by atoms with E-state index in [9.17, 15) is 9.59 Å². The maximum atomic E-state index is 13.3. The SMILES string of the molecule is CCOC(=O)C1=C(C)N(CC)/C(=C2/C(=O)N(CC)C(=S)N2c2ccccc2)S1. The number of rotatable bonds is 5. The number of likely N-dealkylation sites (N-methyl/N-ethyl adjacent to an activating group) is 1. The summed E-state index contributed by atoms with van der Waals surface area (Å²) in [5.74, 6) is -0.527. The van der Waals surface area contributed by atoms with Gasteiger partial charge in [0, 0.05) is 24.5 Å². The van der Waals surface area contributed by atoms with Gasteiger partial charge in [-0.1, -0.05) is 30.0 Å². The molecule has 0 radical (unpaired) electrons. The van der Waals surface area contributed by atoms with E-state index >= 15 is 0 Å². The molecule has 1 fully saturated rings. The Bertz CT molecular complexity index is 880. The van der Waals surface area contributed by atoms with Gasteiger partial charge in [0.1, 0.15) is 15.6 Å². The zero-order valence-electron chi connectivity index (χ0n) is 16.4. The van der Waals surface area contributed by atoms with Crippen molar-refractivity contribution in [2.24, 2.45) is 0 Å². The predicted octanol–water partition coefficient (Wildman–Crippen LogP) is 3.67. The first-order valence-corrected chi connectivity index (χ1v) is 10.5. The van der Waals surface area contributed by atoms with Crippen molar-refractivity contribution in [3.05, 3.63) is 51.7 Å². The first-order valence-electron chi connectivity index (χ1n) is 9.24. The molecule has 8 heteroatoms. The van der Waals surface area contributed by atoms with E-state index in [1.165, 1.54) is 11.8 Å². The van der Waals surface area contributed by atoms with Gasteiger partial charge in [-0.25, -0.2) is 4.79 Å². The third-order valence-electron chi connectivity index (χ3n) is 4.58. The smallest absolute Gasteiger partial charge is 0.346 e. The van der Waals surface area contributed by atoms with Gasteiger partial charge in [0.25, 0.3) is 5.91 Å². The number of thioether (sulfide) groups is 1. The van der Waals surface area contributed by atoms with E-state index < -0.39 is 0 Å². The van der Waals surface area contributed by atoms with Crippen LogP contribution in [-0.2, 0) is 14.3 Å². The first kappa shape index (κ1) is 20.4. The van der Waals surface area contributed by atoms with Gasteiger partial charge in [-0.3, -0.25) is 14.6 Å². The number of carbonyl (C=O) groups is 2. The number of ether oxygens (including phenoxy) is 1. The number of benzene rings is 1. The number of nitrogens with zero attached hydrogens (tertiary/aromatic N) is 3. The van der Waals surface area contributed by atoms with Crippen molar-refractivity contribution in [1.29, 1.82) is 0 Å². The molecule has 0 atom stereocenters. The van der Waals surface area contributed by atoms with Crippen molar-refractivity contribution >= 4 is 46.7 Å². The molecule has 1 aromatic carbocycles. The average molecular weight is 418 g/mol. The lowest BCUT2D eigenvalue weighted by atomic mass is 10.2. The Morgan fingerprint density at radius 3 is 2.32 bits per heavy atom. The highest BCUT2D eigenvalue weighted by Crippen LogP contribution is 2.46. The van der Waals surface area contributed by atoms with Crippen molar-refractivity contribution in [3.8, 4) is 0 Å². The third-order valence-corrected chi connectivity index (χ3v) is 6.26. The number of hydrogen-bond acceptors (Lipinski definition) is 6. The molecule has 0 spiro atoms. The molecule has 0 aromatic heterocycles. The van der Waals surface area contributed by atoms with Crippen LogP contribution in [0.1, 0.15) is 27.7 Å². The highest BCUT2D eigenvalue weighted by atomic mass is 32.2. The summed E-state index contributed by atoms with van der Waals surface area (Å²) in [5, 5.41) is 1.15. The van der Waals surface area contributed by atoms with E-state index in [1.54, 1.807) is 16.7 Å². The second-order valence-electron chi connectivity index (χ2n) is 6.14. The number of thiocarbonyl (C=S) groups is 1. The van der Waals surface area contributed by atoms with Crippen molar-refractivity contribution < 1.29 is 14.3 Å². The molecule has 28 heavy (non-hydrogen) atoms. The molecule has 0 aliphatic carbocycles. The zero-order chi connectivity index (χ0) is 20.4. The fourth-order valence-corrected chi connectivity index (χ4v) is 4.91. The zero-order valence-corrected chi connectivity index (χ0v) is 18.0. The first-order chi connectivity index (χ1) is 13.5. The molecule has 3 rings (SSSR count). The normalized spacial score (nSPS) is 19.9. The third kappa shape index (κ3) is 3.31. The molecule has 2 heterocycles. The van der Waals surface area contributed by atoms with Crippen molar-refractivity contribution in [2.75, 3.05) is 24.6 Å². The maximum absolute atomic E-state index is 13.3. The number of anilines is 1. The summed E-state index contributed by atoms with van der Waals surface area (Å²) in [7, 11) is 0. The largest absolute Gasteiger partial charge is 0.462 e. The second-order valence-corrected chi connectivity index (χ2v) is 7.50. The van der Waals surface area contributed by atoms with Crippen molar-refractivity contribution in [3.63, 3.8) is 0 Å². The van der Waals surface area contributed by atoms with Gasteiger partial charge >= 0.3 is 5.97 Å². The predicted molar refractivity (Wildman–Crippen MR) is 115 cm³/mol. The van der Waals surface area contributed by atoms with E-state index in [0.717, 1.165) is 11.4 Å². The monoisotopic (exact) mass is 417 g/mol. The molecule has 0 N–H and O–H groups in total. The van der Waals surface area contributed by atoms with E-state index in [2.05, 4.69) is 0 Å². The number of amides is 1. The fourth-order valence-electron chi connectivity index (χ4n) is 3.25. The number of para-hydroxylation sites is 1. The highest BCUT2D eigenvalue weighted by Gasteiger charge is 2.44. The highest BCUT2D eigenvalue weighted by molar-refractivity contribution is 8.07. The van der Waals surface area contributed by atoms with Gasteiger partial charge < -0.3 is 9.64 Å². The van der Waals surface area contributed by atoms with Gasteiger partial charge in [0.2, 0.25) is 0 Å². The Balaban J connectivity index is 2.14. The summed E-state index contributed by atoms with van der Waals surface area (Å²) >= 11 is 6.90. The molecule has 1 amide bonds. The number of carbonyl (C=O) groups excluding carboxylic acids is 2. The van der Waals surface area contributed by atoms with E-state index in [4.69, 9.17) is 17.0 Å². The van der Waals surface area contributed by atoms with Gasteiger partial charge in [0.05, 0.1) is 6.61 Å². The minimum absolute atomic E-state index is 0.157. The van der Waals surface area contributed by atoms with Crippen LogP contribution in [0, 0.1) is 0 Å². The second kappa shape index (κ2) is 8.36. The van der Waals surface area contributed by atoms with Crippen LogP contribution in [-0.4, -0.2) is 46.5 Å². The molecule has 0 bridgehead atoms. The average Bonchev–Trinajstić information content (AvgIpc) is 3.15. The Hall–Kier alpha value is -2.32. The molecule has 2 aliphatic heterocycles. The van der Waals surface area contributed by atoms with Gasteiger partial charge in [0.15, 0.2) is 5.11 Å². The number of allylic oxidation sites excluding steroid dienone is 1. The maximum Gasteiger partial charge on any atom is 0.346 e.